The van der Waals surface area contributed by atoms with Crippen LogP contribution in [0, 0.1) is 5.41 Å². The number of nitrogens with zero attached hydrogens (tertiary/aromatic N) is 2. The van der Waals surface area contributed by atoms with Gasteiger partial charge in [0.2, 0.25) is 0 Å². The maximum absolute atomic E-state index is 12.6. The zero-order valence-electron chi connectivity index (χ0n) is 12.1. The third kappa shape index (κ3) is 2.40. The predicted molar refractivity (Wildman–Crippen MR) is 78.3 cm³/mol. The number of hydrogen-bond acceptors (Lipinski definition) is 2. The minimum atomic E-state index is -0.643. The SMILES string of the molecule is CN1C(=O)[C@@H](c2ccccc2)N(C(=O)Cl)C1C(C)(C)C. The van der Waals surface area contributed by atoms with E-state index in [1.807, 2.05) is 51.1 Å². The largest absolute Gasteiger partial charge is 0.322 e. The zero-order valence-corrected chi connectivity index (χ0v) is 12.9. The monoisotopic (exact) mass is 294 g/mol. The van der Waals surface area contributed by atoms with Crippen LogP contribution in [0.4, 0.5) is 4.79 Å². The van der Waals surface area contributed by atoms with Gasteiger partial charge in [-0.05, 0) is 17.2 Å². The molecule has 0 N–H and O–H groups in total. The summed E-state index contributed by atoms with van der Waals surface area (Å²) in [6, 6.07) is 8.62. The summed E-state index contributed by atoms with van der Waals surface area (Å²) in [6.45, 7) is 5.96. The molecule has 1 aromatic rings. The molecule has 0 radical (unpaired) electrons. The lowest BCUT2D eigenvalue weighted by molar-refractivity contribution is -0.129. The molecule has 2 atom stereocenters. The molecule has 0 spiro atoms. The van der Waals surface area contributed by atoms with Crippen molar-refractivity contribution in [3.63, 3.8) is 0 Å². The molecule has 0 aliphatic carbocycles. The van der Waals surface area contributed by atoms with E-state index in [9.17, 15) is 9.59 Å². The van der Waals surface area contributed by atoms with Gasteiger partial charge in [0.1, 0.15) is 12.2 Å². The number of rotatable bonds is 1. The first-order chi connectivity index (χ1) is 9.25. The van der Waals surface area contributed by atoms with Crippen LogP contribution in [0.1, 0.15) is 32.4 Å². The van der Waals surface area contributed by atoms with Gasteiger partial charge < -0.3 is 4.90 Å². The molecule has 1 unspecified atom stereocenters. The Labute approximate surface area is 124 Å². The molecule has 1 fully saturated rings. The van der Waals surface area contributed by atoms with E-state index in [1.165, 1.54) is 4.90 Å². The molecule has 1 saturated heterocycles. The highest BCUT2D eigenvalue weighted by Crippen LogP contribution is 2.40. The molecule has 0 saturated carbocycles. The van der Waals surface area contributed by atoms with Gasteiger partial charge >= 0.3 is 5.37 Å². The van der Waals surface area contributed by atoms with Gasteiger partial charge in [0.15, 0.2) is 0 Å². The zero-order chi connectivity index (χ0) is 15.1. The van der Waals surface area contributed by atoms with Gasteiger partial charge in [0.05, 0.1) is 0 Å². The fourth-order valence-corrected chi connectivity index (χ4v) is 3.08. The number of hydrogen-bond donors (Lipinski definition) is 0. The first-order valence-corrected chi connectivity index (χ1v) is 6.92. The minimum absolute atomic E-state index is 0.106. The first kappa shape index (κ1) is 14.9. The second-order valence-corrected chi connectivity index (χ2v) is 6.49. The second-order valence-electron chi connectivity index (χ2n) is 6.16. The van der Waals surface area contributed by atoms with Crippen molar-refractivity contribution >= 4 is 22.9 Å². The fraction of sp³-hybridized carbons (Fsp3) is 0.467. The van der Waals surface area contributed by atoms with Gasteiger partial charge in [0.25, 0.3) is 5.91 Å². The Balaban J connectivity index is 2.51. The second kappa shape index (κ2) is 5.09. The van der Waals surface area contributed by atoms with Gasteiger partial charge in [-0.1, -0.05) is 51.1 Å². The van der Waals surface area contributed by atoms with E-state index >= 15 is 0 Å². The Bertz CT molecular complexity index is 524. The smallest absolute Gasteiger partial charge is 0.318 e. The molecule has 1 heterocycles. The van der Waals surface area contributed by atoms with Gasteiger partial charge in [-0.25, -0.2) is 0 Å². The van der Waals surface area contributed by atoms with Gasteiger partial charge in [-0.3, -0.25) is 14.5 Å². The molecule has 1 aromatic carbocycles. The number of benzene rings is 1. The summed E-state index contributed by atoms with van der Waals surface area (Å²) in [5.41, 5.74) is 0.503. The van der Waals surface area contributed by atoms with Crippen LogP contribution < -0.4 is 0 Å². The molecule has 0 aromatic heterocycles. The minimum Gasteiger partial charge on any atom is -0.322 e. The molecule has 2 rings (SSSR count). The highest BCUT2D eigenvalue weighted by atomic mass is 35.5. The van der Waals surface area contributed by atoms with E-state index in [4.69, 9.17) is 11.6 Å². The lowest BCUT2D eigenvalue weighted by Crippen LogP contribution is -2.48. The van der Waals surface area contributed by atoms with E-state index in [2.05, 4.69) is 0 Å². The standard InChI is InChI=1S/C15H19ClN2O2/c1-15(2,3)13-17(4)12(19)11(18(13)14(16)20)10-8-6-5-7-9-10/h5-9,11,13H,1-4H3/t11-,13?/m1/s1. The third-order valence-corrected chi connectivity index (χ3v) is 3.78. The van der Waals surface area contributed by atoms with Crippen molar-refractivity contribution in [3.8, 4) is 0 Å². The fourth-order valence-electron chi connectivity index (χ4n) is 2.89. The van der Waals surface area contributed by atoms with Crippen LogP contribution in [0.15, 0.2) is 30.3 Å². The van der Waals surface area contributed by atoms with Crippen molar-refractivity contribution in [2.24, 2.45) is 5.41 Å². The molecule has 1 aliphatic rings. The van der Waals surface area contributed by atoms with Gasteiger partial charge in [-0.2, -0.15) is 0 Å². The Morgan fingerprint density at radius 3 is 2.20 bits per heavy atom. The summed E-state index contributed by atoms with van der Waals surface area (Å²) in [5, 5.41) is -0.600. The molecular formula is C15H19ClN2O2. The Hall–Kier alpha value is -1.55. The number of amides is 2. The maximum atomic E-state index is 12.6. The van der Waals surface area contributed by atoms with Gasteiger partial charge in [0, 0.05) is 12.5 Å². The predicted octanol–water partition coefficient (Wildman–Crippen LogP) is 3.23. The van der Waals surface area contributed by atoms with Crippen LogP contribution in [-0.2, 0) is 4.79 Å². The molecular weight excluding hydrogens is 276 g/mol. The summed E-state index contributed by atoms with van der Waals surface area (Å²) in [4.78, 5) is 27.5. The van der Waals surface area contributed by atoms with Crippen molar-refractivity contribution in [1.29, 1.82) is 0 Å². The number of likely N-dealkylation sites (N-methyl/N-ethyl adjacent to an activating group) is 1. The summed E-state index contributed by atoms with van der Waals surface area (Å²) in [5.74, 6) is -0.106. The topological polar surface area (TPSA) is 40.6 Å². The van der Waals surface area contributed by atoms with E-state index in [1.54, 1.807) is 11.9 Å². The highest BCUT2D eigenvalue weighted by Gasteiger charge is 2.51. The van der Waals surface area contributed by atoms with Crippen LogP contribution in [0.2, 0.25) is 0 Å². The number of halogens is 1. The van der Waals surface area contributed by atoms with Crippen LogP contribution in [-0.4, -0.2) is 34.3 Å². The Kier molecular flexibility index (Phi) is 3.78. The van der Waals surface area contributed by atoms with Crippen molar-refractivity contribution in [2.75, 3.05) is 7.05 Å². The molecule has 4 nitrogen and oxygen atoms in total. The molecule has 2 amide bonds. The Morgan fingerprint density at radius 2 is 1.75 bits per heavy atom. The summed E-state index contributed by atoms with van der Waals surface area (Å²) in [7, 11) is 1.72. The Morgan fingerprint density at radius 1 is 1.20 bits per heavy atom. The number of carbonyl (C=O) groups is 2. The van der Waals surface area contributed by atoms with Crippen molar-refractivity contribution in [3.05, 3.63) is 35.9 Å². The quantitative estimate of drug-likeness (QED) is 0.589. The van der Waals surface area contributed by atoms with Crippen LogP contribution in [0.5, 0.6) is 0 Å². The van der Waals surface area contributed by atoms with Crippen LogP contribution in [0.3, 0.4) is 0 Å². The van der Waals surface area contributed by atoms with Gasteiger partial charge in [-0.15, -0.1) is 0 Å². The van der Waals surface area contributed by atoms with E-state index in [0.717, 1.165) is 5.56 Å². The summed E-state index contributed by atoms with van der Waals surface area (Å²) >= 11 is 5.77. The van der Waals surface area contributed by atoms with Crippen LogP contribution in [0.25, 0.3) is 0 Å². The van der Waals surface area contributed by atoms with Crippen molar-refractivity contribution in [1.82, 2.24) is 9.80 Å². The summed E-state index contributed by atoms with van der Waals surface area (Å²) in [6.07, 6.45) is -0.356. The number of carbonyl (C=O) groups excluding carboxylic acids is 2. The summed E-state index contributed by atoms with van der Waals surface area (Å²) < 4.78 is 0. The van der Waals surface area contributed by atoms with E-state index < -0.39 is 11.4 Å². The lowest BCUT2D eigenvalue weighted by atomic mass is 9.91. The maximum Gasteiger partial charge on any atom is 0.318 e. The molecule has 5 heteroatoms. The van der Waals surface area contributed by atoms with Crippen LogP contribution >= 0.6 is 11.6 Å². The lowest BCUT2D eigenvalue weighted by Gasteiger charge is -2.37. The van der Waals surface area contributed by atoms with Crippen molar-refractivity contribution < 1.29 is 9.59 Å². The third-order valence-electron chi connectivity index (χ3n) is 3.58. The first-order valence-electron chi connectivity index (χ1n) is 6.54. The molecule has 20 heavy (non-hydrogen) atoms. The van der Waals surface area contributed by atoms with E-state index in [0.29, 0.717) is 0 Å². The highest BCUT2D eigenvalue weighted by molar-refractivity contribution is 6.63. The normalized spacial score (nSPS) is 23.4. The average molecular weight is 295 g/mol. The molecule has 1 aliphatic heterocycles. The molecule has 0 bridgehead atoms. The van der Waals surface area contributed by atoms with Crippen molar-refractivity contribution in [2.45, 2.75) is 33.0 Å². The molecule has 108 valence electrons. The average Bonchev–Trinajstić information content (AvgIpc) is 2.63. The van der Waals surface area contributed by atoms with E-state index in [-0.39, 0.29) is 17.5 Å².